The highest BCUT2D eigenvalue weighted by atomic mass is 16.5. The van der Waals surface area contributed by atoms with Crippen molar-refractivity contribution in [2.24, 2.45) is 4.99 Å². The number of nitrogens with zero attached hydrogens (tertiary/aromatic N) is 1. The van der Waals surface area contributed by atoms with Gasteiger partial charge in [-0.25, -0.2) is 0 Å². The largest absolute Gasteiger partial charge is 0.497 e. The second-order valence-corrected chi connectivity index (χ2v) is 7.25. The number of hydrogen-bond donors (Lipinski definition) is 1. The number of aliphatic imine (C=N–C) groups is 1. The number of nitrogens with one attached hydrogen (secondary N) is 1. The molecule has 1 aliphatic heterocycles. The molecule has 1 unspecified atom stereocenters. The van der Waals surface area contributed by atoms with Crippen LogP contribution in [0.1, 0.15) is 22.7 Å². The molecule has 1 N–H and O–H groups in total. The lowest BCUT2D eigenvalue weighted by atomic mass is 9.91. The number of rotatable bonds is 4. The van der Waals surface area contributed by atoms with Gasteiger partial charge in [0.2, 0.25) is 0 Å². The SMILES string of the molecule is COc1ccc(C2=NC(c3ccc(OC)cc3)c3c(ccc4ccccc34)N2)cc1. The van der Waals surface area contributed by atoms with Gasteiger partial charge in [0.15, 0.2) is 0 Å². The molecule has 5 rings (SSSR count). The van der Waals surface area contributed by atoms with Crippen molar-refractivity contribution in [2.75, 3.05) is 19.5 Å². The van der Waals surface area contributed by atoms with Crippen molar-refractivity contribution >= 4 is 22.3 Å². The van der Waals surface area contributed by atoms with Gasteiger partial charge in [-0.05, 0) is 58.8 Å². The Morgan fingerprint density at radius 1 is 0.733 bits per heavy atom. The van der Waals surface area contributed by atoms with Gasteiger partial charge in [0.05, 0.1) is 14.2 Å². The highest BCUT2D eigenvalue weighted by Gasteiger charge is 2.26. The van der Waals surface area contributed by atoms with Crippen LogP contribution in [0.4, 0.5) is 5.69 Å². The molecule has 0 aliphatic carbocycles. The Balaban J connectivity index is 1.68. The minimum absolute atomic E-state index is 0.115. The molecule has 0 fully saturated rings. The van der Waals surface area contributed by atoms with Gasteiger partial charge < -0.3 is 14.8 Å². The van der Waals surface area contributed by atoms with Crippen LogP contribution >= 0.6 is 0 Å². The molecule has 0 saturated carbocycles. The van der Waals surface area contributed by atoms with Crippen molar-refractivity contribution < 1.29 is 9.47 Å². The molecule has 1 atom stereocenters. The van der Waals surface area contributed by atoms with Crippen LogP contribution in [0.2, 0.25) is 0 Å². The fourth-order valence-electron chi connectivity index (χ4n) is 3.98. The van der Waals surface area contributed by atoms with Gasteiger partial charge in [-0.1, -0.05) is 42.5 Å². The summed E-state index contributed by atoms with van der Waals surface area (Å²) in [6, 6.07) is 28.8. The van der Waals surface area contributed by atoms with E-state index in [0.717, 1.165) is 34.1 Å². The van der Waals surface area contributed by atoms with E-state index in [-0.39, 0.29) is 6.04 Å². The Labute approximate surface area is 175 Å². The fraction of sp³-hybridized carbons (Fsp3) is 0.115. The predicted octanol–water partition coefficient (Wildman–Crippen LogP) is 5.82. The smallest absolute Gasteiger partial charge is 0.133 e. The van der Waals surface area contributed by atoms with Gasteiger partial charge >= 0.3 is 0 Å². The van der Waals surface area contributed by atoms with Crippen LogP contribution in [0, 0.1) is 0 Å². The van der Waals surface area contributed by atoms with E-state index in [1.807, 2.05) is 36.4 Å². The Morgan fingerprint density at radius 3 is 2.10 bits per heavy atom. The maximum absolute atomic E-state index is 5.35. The molecular formula is C26H22N2O2. The van der Waals surface area contributed by atoms with E-state index in [9.17, 15) is 0 Å². The van der Waals surface area contributed by atoms with Crippen molar-refractivity contribution in [3.05, 3.63) is 102 Å². The molecule has 0 radical (unpaired) electrons. The molecule has 4 aromatic rings. The average Bonchev–Trinajstić information content (AvgIpc) is 2.83. The molecule has 4 aromatic carbocycles. The van der Waals surface area contributed by atoms with Crippen molar-refractivity contribution in [1.29, 1.82) is 0 Å². The zero-order valence-corrected chi connectivity index (χ0v) is 16.9. The van der Waals surface area contributed by atoms with Crippen LogP contribution in [0.5, 0.6) is 11.5 Å². The van der Waals surface area contributed by atoms with Gasteiger partial charge in [0.1, 0.15) is 23.4 Å². The van der Waals surface area contributed by atoms with E-state index >= 15 is 0 Å². The van der Waals surface area contributed by atoms with Gasteiger partial charge in [-0.3, -0.25) is 4.99 Å². The van der Waals surface area contributed by atoms with Crippen LogP contribution in [0.3, 0.4) is 0 Å². The van der Waals surface area contributed by atoms with Gasteiger partial charge in [0.25, 0.3) is 0 Å². The molecule has 148 valence electrons. The Hall–Kier alpha value is -3.79. The third kappa shape index (κ3) is 3.16. The average molecular weight is 394 g/mol. The molecule has 4 heteroatoms. The van der Waals surface area contributed by atoms with Crippen LogP contribution in [-0.4, -0.2) is 20.1 Å². The minimum Gasteiger partial charge on any atom is -0.497 e. The van der Waals surface area contributed by atoms with Crippen molar-refractivity contribution in [1.82, 2.24) is 0 Å². The summed E-state index contributed by atoms with van der Waals surface area (Å²) in [6.07, 6.45) is 0. The third-order valence-electron chi connectivity index (χ3n) is 5.55. The number of fused-ring (bicyclic) bond motifs is 3. The maximum atomic E-state index is 5.35. The summed E-state index contributed by atoms with van der Waals surface area (Å²) in [5, 5.41) is 5.97. The number of anilines is 1. The van der Waals surface area contributed by atoms with E-state index in [2.05, 4.69) is 53.8 Å². The molecule has 1 heterocycles. The standard InChI is InChI=1S/C26H22N2O2/c1-29-20-12-7-18(8-13-20)25-24-22-6-4-3-5-17(22)11-16-23(24)27-26(28-25)19-9-14-21(30-2)15-10-19/h3-16,25H,1-2H3,(H,27,28). The first-order chi connectivity index (χ1) is 14.8. The van der Waals surface area contributed by atoms with Crippen LogP contribution in [0.25, 0.3) is 10.8 Å². The molecule has 4 nitrogen and oxygen atoms in total. The predicted molar refractivity (Wildman–Crippen MR) is 122 cm³/mol. The number of amidine groups is 1. The zero-order chi connectivity index (χ0) is 20.5. The first-order valence-corrected chi connectivity index (χ1v) is 9.91. The van der Waals surface area contributed by atoms with E-state index in [4.69, 9.17) is 14.5 Å². The molecule has 1 aliphatic rings. The van der Waals surface area contributed by atoms with Crippen LogP contribution in [0.15, 0.2) is 89.9 Å². The van der Waals surface area contributed by atoms with Crippen LogP contribution in [-0.2, 0) is 0 Å². The lowest BCUT2D eigenvalue weighted by molar-refractivity contribution is 0.414. The minimum atomic E-state index is -0.115. The first-order valence-electron chi connectivity index (χ1n) is 9.91. The Morgan fingerprint density at radius 2 is 1.40 bits per heavy atom. The van der Waals surface area contributed by atoms with E-state index < -0.39 is 0 Å². The maximum Gasteiger partial charge on any atom is 0.133 e. The van der Waals surface area contributed by atoms with Crippen molar-refractivity contribution in [2.45, 2.75) is 6.04 Å². The number of benzene rings is 4. The second-order valence-electron chi connectivity index (χ2n) is 7.25. The normalized spacial score (nSPS) is 15.1. The molecular weight excluding hydrogens is 372 g/mol. The summed E-state index contributed by atoms with van der Waals surface area (Å²) in [7, 11) is 3.36. The summed E-state index contributed by atoms with van der Waals surface area (Å²) < 4.78 is 10.6. The molecule has 0 saturated heterocycles. The summed E-state index contributed by atoms with van der Waals surface area (Å²) in [5.74, 6) is 2.51. The van der Waals surface area contributed by atoms with E-state index in [1.54, 1.807) is 14.2 Å². The lowest BCUT2D eigenvalue weighted by Gasteiger charge is -2.27. The zero-order valence-electron chi connectivity index (χ0n) is 16.9. The summed E-state index contributed by atoms with van der Waals surface area (Å²) >= 11 is 0. The molecule has 30 heavy (non-hydrogen) atoms. The third-order valence-corrected chi connectivity index (χ3v) is 5.55. The molecule has 0 spiro atoms. The second kappa shape index (κ2) is 7.56. The molecule has 0 amide bonds. The monoisotopic (exact) mass is 394 g/mol. The molecule has 0 aromatic heterocycles. The highest BCUT2D eigenvalue weighted by molar-refractivity contribution is 6.11. The number of methoxy groups -OCH3 is 2. The quantitative estimate of drug-likeness (QED) is 0.474. The van der Waals surface area contributed by atoms with Gasteiger partial charge in [-0.2, -0.15) is 0 Å². The summed E-state index contributed by atoms with van der Waals surface area (Å²) in [6.45, 7) is 0. The summed E-state index contributed by atoms with van der Waals surface area (Å²) in [5.41, 5.74) is 4.42. The number of hydrogen-bond acceptors (Lipinski definition) is 4. The lowest BCUT2D eigenvalue weighted by Crippen LogP contribution is -2.22. The number of ether oxygens (including phenoxy) is 2. The molecule has 0 bridgehead atoms. The van der Waals surface area contributed by atoms with E-state index in [0.29, 0.717) is 0 Å². The fourth-order valence-corrected chi connectivity index (χ4v) is 3.98. The van der Waals surface area contributed by atoms with Gasteiger partial charge in [-0.15, -0.1) is 0 Å². The van der Waals surface area contributed by atoms with Crippen molar-refractivity contribution in [3.8, 4) is 11.5 Å². The van der Waals surface area contributed by atoms with E-state index in [1.165, 1.54) is 16.3 Å². The van der Waals surface area contributed by atoms with Crippen LogP contribution < -0.4 is 14.8 Å². The Kier molecular flexibility index (Phi) is 4.60. The highest BCUT2D eigenvalue weighted by Crippen LogP contribution is 2.41. The Bertz CT molecular complexity index is 1230. The van der Waals surface area contributed by atoms with Crippen molar-refractivity contribution in [3.63, 3.8) is 0 Å². The topological polar surface area (TPSA) is 42.9 Å². The van der Waals surface area contributed by atoms with Gasteiger partial charge in [0, 0.05) is 16.8 Å². The summed E-state index contributed by atoms with van der Waals surface area (Å²) in [4.78, 5) is 5.15. The first kappa shape index (κ1) is 18.3.